The van der Waals surface area contributed by atoms with Crippen LogP contribution in [0.2, 0.25) is 0 Å². The lowest BCUT2D eigenvalue weighted by Crippen LogP contribution is -2.27. The minimum atomic E-state index is -0.184. The van der Waals surface area contributed by atoms with Gasteiger partial charge >= 0.3 is 0 Å². The Kier molecular flexibility index (Phi) is 4.71. The molecule has 98 valence electrons. The van der Waals surface area contributed by atoms with Crippen LogP contribution in [-0.2, 0) is 0 Å². The van der Waals surface area contributed by atoms with Crippen molar-refractivity contribution in [2.24, 2.45) is 0 Å². The molecule has 0 aliphatic heterocycles. The first-order valence-corrected chi connectivity index (χ1v) is 7.34. The lowest BCUT2D eigenvalue weighted by Gasteiger charge is -2.14. The Morgan fingerprint density at radius 1 is 1.16 bits per heavy atom. The van der Waals surface area contributed by atoms with Crippen molar-refractivity contribution < 1.29 is 4.79 Å². The molecular weight excluding hydrogens is 372 g/mol. The van der Waals surface area contributed by atoms with E-state index in [4.69, 9.17) is 0 Å². The van der Waals surface area contributed by atoms with Gasteiger partial charge in [-0.25, -0.2) is 4.98 Å². The predicted octanol–water partition coefficient (Wildman–Crippen LogP) is 4.10. The third kappa shape index (κ3) is 3.88. The van der Waals surface area contributed by atoms with Gasteiger partial charge < -0.3 is 5.32 Å². The molecule has 0 saturated carbocycles. The molecule has 0 radical (unpaired) electrons. The van der Waals surface area contributed by atoms with E-state index in [-0.39, 0.29) is 11.9 Å². The van der Waals surface area contributed by atoms with Gasteiger partial charge in [-0.15, -0.1) is 0 Å². The number of pyridine rings is 1. The average molecular weight is 384 g/mol. The molecule has 19 heavy (non-hydrogen) atoms. The molecule has 1 amide bonds. The van der Waals surface area contributed by atoms with Crippen molar-refractivity contribution in [2.45, 2.75) is 13.0 Å². The predicted molar refractivity (Wildman–Crippen MR) is 82.0 cm³/mol. The lowest BCUT2D eigenvalue weighted by molar-refractivity contribution is 0.0934. The first-order chi connectivity index (χ1) is 9.06. The third-order valence-corrected chi connectivity index (χ3v) is 3.64. The molecule has 0 aliphatic carbocycles. The standard InChI is InChI=1S/C14H12Br2N2O/c1-9(10-5-7-11(15)8-6-10)17-14(19)12-3-2-4-13(16)18-12/h2-9H,1H3,(H,17,19)/t9-/m0/s1. The van der Waals surface area contributed by atoms with Crippen molar-refractivity contribution in [3.63, 3.8) is 0 Å². The number of carbonyl (C=O) groups is 1. The molecular formula is C14H12Br2N2O. The van der Waals surface area contributed by atoms with Crippen LogP contribution in [-0.4, -0.2) is 10.9 Å². The summed E-state index contributed by atoms with van der Waals surface area (Å²) in [5, 5.41) is 2.92. The fourth-order valence-electron chi connectivity index (χ4n) is 1.64. The van der Waals surface area contributed by atoms with E-state index in [1.54, 1.807) is 18.2 Å². The molecule has 3 nitrogen and oxygen atoms in total. The summed E-state index contributed by atoms with van der Waals surface area (Å²) in [6.45, 7) is 1.94. The van der Waals surface area contributed by atoms with E-state index in [1.165, 1.54) is 0 Å². The molecule has 1 aromatic heterocycles. The molecule has 0 bridgehead atoms. The number of rotatable bonds is 3. The summed E-state index contributed by atoms with van der Waals surface area (Å²) >= 11 is 6.64. The van der Waals surface area contributed by atoms with Gasteiger partial charge in [0.2, 0.25) is 0 Å². The van der Waals surface area contributed by atoms with Crippen molar-refractivity contribution in [3.05, 3.63) is 62.8 Å². The topological polar surface area (TPSA) is 42.0 Å². The van der Waals surface area contributed by atoms with E-state index in [0.29, 0.717) is 10.3 Å². The molecule has 2 rings (SSSR count). The molecule has 0 saturated heterocycles. The van der Waals surface area contributed by atoms with Crippen LogP contribution in [0.3, 0.4) is 0 Å². The largest absolute Gasteiger partial charge is 0.344 e. The van der Waals surface area contributed by atoms with Gasteiger partial charge in [0.1, 0.15) is 10.3 Å². The molecule has 2 aromatic rings. The smallest absolute Gasteiger partial charge is 0.270 e. The monoisotopic (exact) mass is 382 g/mol. The fourth-order valence-corrected chi connectivity index (χ4v) is 2.25. The van der Waals surface area contributed by atoms with Crippen LogP contribution >= 0.6 is 31.9 Å². The fraction of sp³-hybridized carbons (Fsp3) is 0.143. The third-order valence-electron chi connectivity index (χ3n) is 2.67. The summed E-state index contributed by atoms with van der Waals surface area (Å²) in [4.78, 5) is 16.2. The molecule has 1 N–H and O–H groups in total. The Bertz CT molecular complexity index is 584. The first-order valence-electron chi connectivity index (χ1n) is 5.75. The van der Waals surface area contributed by atoms with Crippen molar-refractivity contribution >= 4 is 37.8 Å². The molecule has 0 unspecified atom stereocenters. The number of hydrogen-bond donors (Lipinski definition) is 1. The summed E-state index contributed by atoms with van der Waals surface area (Å²) in [5.41, 5.74) is 1.45. The van der Waals surface area contributed by atoms with Crippen LogP contribution in [0.15, 0.2) is 51.5 Å². The first kappa shape index (κ1) is 14.2. The molecule has 1 aromatic carbocycles. The number of nitrogens with zero attached hydrogens (tertiary/aromatic N) is 1. The maximum atomic E-state index is 12.0. The highest BCUT2D eigenvalue weighted by atomic mass is 79.9. The maximum Gasteiger partial charge on any atom is 0.270 e. The van der Waals surface area contributed by atoms with Crippen LogP contribution in [0.25, 0.3) is 0 Å². The van der Waals surface area contributed by atoms with Gasteiger partial charge in [-0.2, -0.15) is 0 Å². The Labute approximate surface area is 128 Å². The van der Waals surface area contributed by atoms with E-state index in [1.807, 2.05) is 31.2 Å². The summed E-state index contributed by atoms with van der Waals surface area (Å²) in [7, 11) is 0. The van der Waals surface area contributed by atoms with Crippen LogP contribution in [0.5, 0.6) is 0 Å². The number of amides is 1. The second-order valence-corrected chi connectivity index (χ2v) is 5.82. The molecule has 0 aliphatic rings. The summed E-state index contributed by atoms with van der Waals surface area (Å²) in [6, 6.07) is 13.1. The highest BCUT2D eigenvalue weighted by molar-refractivity contribution is 9.10. The van der Waals surface area contributed by atoms with Gasteiger partial charge in [-0.1, -0.05) is 34.1 Å². The average Bonchev–Trinajstić information content (AvgIpc) is 2.39. The van der Waals surface area contributed by atoms with Gasteiger partial charge in [-0.05, 0) is 52.7 Å². The minimum absolute atomic E-state index is 0.0682. The van der Waals surface area contributed by atoms with Crippen LogP contribution < -0.4 is 5.32 Å². The maximum absolute atomic E-state index is 12.0. The number of nitrogens with one attached hydrogen (secondary N) is 1. The molecule has 0 spiro atoms. The summed E-state index contributed by atoms with van der Waals surface area (Å²) < 4.78 is 1.67. The van der Waals surface area contributed by atoms with Gasteiger partial charge in [0.25, 0.3) is 5.91 Å². The van der Waals surface area contributed by atoms with Gasteiger partial charge in [0.05, 0.1) is 6.04 Å². The van der Waals surface area contributed by atoms with Crippen LogP contribution in [0.1, 0.15) is 29.0 Å². The second-order valence-electron chi connectivity index (χ2n) is 4.09. The lowest BCUT2D eigenvalue weighted by atomic mass is 10.1. The van der Waals surface area contributed by atoms with Crippen molar-refractivity contribution in [1.29, 1.82) is 0 Å². The molecule has 1 heterocycles. The minimum Gasteiger partial charge on any atom is -0.344 e. The Balaban J connectivity index is 2.08. The Morgan fingerprint density at radius 3 is 2.47 bits per heavy atom. The number of aromatic nitrogens is 1. The number of halogens is 2. The zero-order chi connectivity index (χ0) is 13.8. The van der Waals surface area contributed by atoms with Crippen LogP contribution in [0, 0.1) is 0 Å². The van der Waals surface area contributed by atoms with Gasteiger partial charge in [0.15, 0.2) is 0 Å². The number of benzene rings is 1. The Morgan fingerprint density at radius 2 is 1.84 bits per heavy atom. The highest BCUT2D eigenvalue weighted by Crippen LogP contribution is 2.17. The van der Waals surface area contributed by atoms with E-state index < -0.39 is 0 Å². The van der Waals surface area contributed by atoms with E-state index in [9.17, 15) is 4.79 Å². The van der Waals surface area contributed by atoms with E-state index in [2.05, 4.69) is 42.2 Å². The molecule has 0 fully saturated rings. The van der Waals surface area contributed by atoms with Gasteiger partial charge in [-0.3, -0.25) is 4.79 Å². The number of carbonyl (C=O) groups excluding carboxylic acids is 1. The van der Waals surface area contributed by atoms with E-state index in [0.717, 1.165) is 10.0 Å². The molecule has 5 heteroatoms. The number of hydrogen-bond acceptors (Lipinski definition) is 2. The normalized spacial score (nSPS) is 11.9. The second kappa shape index (κ2) is 6.30. The summed E-state index contributed by atoms with van der Waals surface area (Å²) in [6.07, 6.45) is 0. The van der Waals surface area contributed by atoms with Crippen molar-refractivity contribution in [3.8, 4) is 0 Å². The van der Waals surface area contributed by atoms with Crippen molar-refractivity contribution in [2.75, 3.05) is 0 Å². The SMILES string of the molecule is C[C@H](NC(=O)c1cccc(Br)n1)c1ccc(Br)cc1. The summed E-state index contributed by atoms with van der Waals surface area (Å²) in [5.74, 6) is -0.184. The van der Waals surface area contributed by atoms with Gasteiger partial charge in [0, 0.05) is 4.47 Å². The zero-order valence-electron chi connectivity index (χ0n) is 10.2. The quantitative estimate of drug-likeness (QED) is 0.810. The zero-order valence-corrected chi connectivity index (χ0v) is 13.4. The highest BCUT2D eigenvalue weighted by Gasteiger charge is 2.12. The Hall–Kier alpha value is -1.20. The van der Waals surface area contributed by atoms with Crippen LogP contribution in [0.4, 0.5) is 0 Å². The van der Waals surface area contributed by atoms with Crippen molar-refractivity contribution in [1.82, 2.24) is 10.3 Å². The van der Waals surface area contributed by atoms with E-state index >= 15 is 0 Å². The molecule has 1 atom stereocenters.